The molecule has 1 saturated heterocycles. The molecule has 2 aromatic rings. The fraction of sp³-hybridized carbons (Fsp3) is 0.500. The number of rotatable bonds is 5. The molecule has 0 spiro atoms. The van der Waals surface area contributed by atoms with Crippen molar-refractivity contribution < 1.29 is 20.1 Å². The van der Waals surface area contributed by atoms with Crippen LogP contribution in [0.1, 0.15) is 26.3 Å². The molecule has 0 unspecified atom stereocenters. The van der Waals surface area contributed by atoms with Crippen molar-refractivity contribution in [3.05, 3.63) is 58.6 Å². The second kappa shape index (κ2) is 7.63. The Morgan fingerprint density at radius 2 is 1.89 bits per heavy atom. The van der Waals surface area contributed by atoms with Crippen molar-refractivity contribution in [3.63, 3.8) is 0 Å². The van der Waals surface area contributed by atoms with Crippen molar-refractivity contribution >= 4 is 5.82 Å². The zero-order chi connectivity index (χ0) is 20.5. The standard InChI is InChI=1S/C20H27N3O5/c1-19(2,3)22-15-9-10-23(18(27)21-15)20(11-13-7-5-4-6-8-13)17(26)16(25)14(12-24)28-20/h4-10,14,16-17,24-26H,11-12H2,1-3H3,(H,21,22,27)/t14-,16-,17-,20-/m1/s1. The quantitative estimate of drug-likeness (QED) is 0.587. The van der Waals surface area contributed by atoms with Gasteiger partial charge in [-0.3, -0.25) is 4.57 Å². The number of nitrogens with one attached hydrogen (secondary N) is 1. The molecule has 0 bridgehead atoms. The van der Waals surface area contributed by atoms with Crippen molar-refractivity contribution in [2.24, 2.45) is 0 Å². The predicted molar refractivity (Wildman–Crippen MR) is 104 cm³/mol. The highest BCUT2D eigenvalue weighted by molar-refractivity contribution is 5.35. The van der Waals surface area contributed by atoms with Crippen LogP contribution < -0.4 is 11.0 Å². The zero-order valence-electron chi connectivity index (χ0n) is 16.2. The molecular weight excluding hydrogens is 362 g/mol. The highest BCUT2D eigenvalue weighted by atomic mass is 16.6. The van der Waals surface area contributed by atoms with Gasteiger partial charge in [0.25, 0.3) is 0 Å². The molecule has 3 rings (SSSR count). The van der Waals surface area contributed by atoms with Crippen molar-refractivity contribution in [1.29, 1.82) is 0 Å². The summed E-state index contributed by atoms with van der Waals surface area (Å²) in [4.78, 5) is 16.9. The Balaban J connectivity index is 2.06. The van der Waals surface area contributed by atoms with E-state index in [1.165, 1.54) is 10.8 Å². The Morgan fingerprint density at radius 1 is 1.21 bits per heavy atom. The number of nitrogens with zero attached hydrogens (tertiary/aromatic N) is 2. The Labute approximate surface area is 163 Å². The molecule has 1 fully saturated rings. The van der Waals surface area contributed by atoms with Gasteiger partial charge >= 0.3 is 5.69 Å². The first-order valence-electron chi connectivity index (χ1n) is 9.23. The van der Waals surface area contributed by atoms with Gasteiger partial charge in [0.15, 0.2) is 5.72 Å². The van der Waals surface area contributed by atoms with Crippen LogP contribution in [0.3, 0.4) is 0 Å². The summed E-state index contributed by atoms with van der Waals surface area (Å²) in [6, 6.07) is 10.8. The Kier molecular flexibility index (Phi) is 5.58. The van der Waals surface area contributed by atoms with Gasteiger partial charge in [0.05, 0.1) is 6.61 Å². The monoisotopic (exact) mass is 389 g/mol. The first-order chi connectivity index (χ1) is 13.2. The molecule has 1 aromatic carbocycles. The highest BCUT2D eigenvalue weighted by Crippen LogP contribution is 2.37. The molecule has 1 aromatic heterocycles. The van der Waals surface area contributed by atoms with Gasteiger partial charge in [-0.15, -0.1) is 0 Å². The first kappa shape index (κ1) is 20.5. The van der Waals surface area contributed by atoms with Crippen LogP contribution in [0, 0.1) is 0 Å². The van der Waals surface area contributed by atoms with Crippen LogP contribution in [0.4, 0.5) is 5.82 Å². The SMILES string of the molecule is CC(C)(C)Nc1ccn([C@]2(Cc3ccccc3)O[C@H](CO)[C@@H](O)[C@H]2O)c(=O)n1. The normalized spacial score (nSPS) is 27.7. The molecule has 2 heterocycles. The summed E-state index contributed by atoms with van der Waals surface area (Å²) in [5.74, 6) is 0.398. The van der Waals surface area contributed by atoms with E-state index in [0.29, 0.717) is 5.82 Å². The molecule has 4 atom stereocenters. The zero-order valence-corrected chi connectivity index (χ0v) is 16.2. The van der Waals surface area contributed by atoms with Gasteiger partial charge in [-0.2, -0.15) is 4.98 Å². The van der Waals surface area contributed by atoms with Gasteiger partial charge in [-0.05, 0) is 32.4 Å². The molecule has 1 aliphatic rings. The van der Waals surface area contributed by atoms with Gasteiger partial charge in [-0.25, -0.2) is 4.79 Å². The number of anilines is 1. The number of hydrogen-bond acceptors (Lipinski definition) is 7. The van der Waals surface area contributed by atoms with E-state index in [4.69, 9.17) is 4.74 Å². The second-order valence-electron chi connectivity index (χ2n) is 8.12. The van der Waals surface area contributed by atoms with E-state index in [0.717, 1.165) is 5.56 Å². The minimum absolute atomic E-state index is 0.121. The summed E-state index contributed by atoms with van der Waals surface area (Å²) >= 11 is 0. The lowest BCUT2D eigenvalue weighted by Crippen LogP contribution is -2.52. The third-order valence-corrected chi connectivity index (χ3v) is 4.72. The van der Waals surface area contributed by atoms with Crippen LogP contribution in [0.25, 0.3) is 0 Å². The smallest absolute Gasteiger partial charge is 0.351 e. The third-order valence-electron chi connectivity index (χ3n) is 4.72. The summed E-state index contributed by atoms with van der Waals surface area (Å²) in [7, 11) is 0. The molecule has 1 aliphatic heterocycles. The molecule has 8 nitrogen and oxygen atoms in total. The van der Waals surface area contributed by atoms with E-state index in [9.17, 15) is 20.1 Å². The number of benzene rings is 1. The third kappa shape index (κ3) is 3.95. The Morgan fingerprint density at radius 3 is 2.43 bits per heavy atom. The lowest BCUT2D eigenvalue weighted by Gasteiger charge is -2.34. The van der Waals surface area contributed by atoms with Gasteiger partial charge < -0.3 is 25.4 Å². The van der Waals surface area contributed by atoms with Crippen LogP contribution in [-0.4, -0.2) is 55.3 Å². The van der Waals surface area contributed by atoms with Crippen molar-refractivity contribution in [1.82, 2.24) is 9.55 Å². The lowest BCUT2D eigenvalue weighted by atomic mass is 9.95. The molecular formula is C20H27N3O5. The maximum absolute atomic E-state index is 12.8. The summed E-state index contributed by atoms with van der Waals surface area (Å²) in [6.07, 6.45) is -2.17. The number of hydrogen-bond donors (Lipinski definition) is 4. The molecule has 0 saturated carbocycles. The predicted octanol–water partition coefficient (Wildman–Crippen LogP) is 0.462. The topological polar surface area (TPSA) is 117 Å². The molecule has 0 aliphatic carbocycles. The lowest BCUT2D eigenvalue weighted by molar-refractivity contribution is -0.149. The molecule has 152 valence electrons. The Bertz CT molecular complexity index is 864. The van der Waals surface area contributed by atoms with E-state index in [-0.39, 0.29) is 12.0 Å². The van der Waals surface area contributed by atoms with Crippen LogP contribution in [0.2, 0.25) is 0 Å². The van der Waals surface area contributed by atoms with E-state index in [1.54, 1.807) is 6.07 Å². The van der Waals surface area contributed by atoms with Gasteiger partial charge in [0.2, 0.25) is 0 Å². The maximum atomic E-state index is 12.8. The van der Waals surface area contributed by atoms with Gasteiger partial charge in [0.1, 0.15) is 24.1 Å². The van der Waals surface area contributed by atoms with E-state index < -0.39 is 36.3 Å². The minimum atomic E-state index is -1.58. The van der Waals surface area contributed by atoms with Gasteiger partial charge in [-0.1, -0.05) is 30.3 Å². The van der Waals surface area contributed by atoms with Crippen molar-refractivity contribution in [3.8, 4) is 0 Å². The minimum Gasteiger partial charge on any atom is -0.394 e. The first-order valence-corrected chi connectivity index (χ1v) is 9.23. The summed E-state index contributed by atoms with van der Waals surface area (Å²) in [5, 5.41) is 33.8. The highest BCUT2D eigenvalue weighted by Gasteiger charge is 2.55. The average Bonchev–Trinajstić information content (AvgIpc) is 2.86. The van der Waals surface area contributed by atoms with Gasteiger partial charge in [0, 0.05) is 18.2 Å². The molecule has 28 heavy (non-hydrogen) atoms. The van der Waals surface area contributed by atoms with Crippen LogP contribution >= 0.6 is 0 Å². The van der Waals surface area contributed by atoms with Crippen LogP contribution in [0.5, 0.6) is 0 Å². The molecule has 4 N–H and O–H groups in total. The van der Waals surface area contributed by atoms with Crippen LogP contribution in [0.15, 0.2) is 47.4 Å². The molecule has 0 radical (unpaired) electrons. The number of ether oxygens (including phenoxy) is 1. The average molecular weight is 389 g/mol. The van der Waals surface area contributed by atoms with Crippen molar-refractivity contribution in [2.75, 3.05) is 11.9 Å². The summed E-state index contributed by atoms with van der Waals surface area (Å²) < 4.78 is 7.08. The number of aliphatic hydroxyl groups excluding tert-OH is 3. The maximum Gasteiger partial charge on any atom is 0.351 e. The summed E-state index contributed by atoms with van der Waals surface area (Å²) in [6.45, 7) is 5.36. The molecule has 0 amide bonds. The second-order valence-corrected chi connectivity index (χ2v) is 8.12. The fourth-order valence-corrected chi connectivity index (χ4v) is 3.48. The Hall–Kier alpha value is -2.26. The number of aromatic nitrogens is 2. The fourth-order valence-electron chi connectivity index (χ4n) is 3.48. The largest absolute Gasteiger partial charge is 0.394 e. The molecule has 8 heteroatoms. The van der Waals surface area contributed by atoms with E-state index in [2.05, 4.69) is 10.3 Å². The number of aliphatic hydroxyl groups is 3. The summed E-state index contributed by atoms with van der Waals surface area (Å²) in [5.41, 5.74) is -1.70. The van der Waals surface area contributed by atoms with Crippen molar-refractivity contribution in [2.45, 2.75) is 56.8 Å². The van der Waals surface area contributed by atoms with E-state index >= 15 is 0 Å². The van der Waals surface area contributed by atoms with Crippen LogP contribution in [-0.2, 0) is 16.9 Å². The van der Waals surface area contributed by atoms with E-state index in [1.807, 2.05) is 51.1 Å².